The van der Waals surface area contributed by atoms with Gasteiger partial charge in [-0.2, -0.15) is 4.52 Å². The topological polar surface area (TPSA) is 81.4 Å². The zero-order valence-electron chi connectivity index (χ0n) is 15.8. The summed E-state index contributed by atoms with van der Waals surface area (Å²) in [5, 5.41) is 15.7. The van der Waals surface area contributed by atoms with Crippen molar-refractivity contribution in [1.29, 1.82) is 0 Å². The molecule has 2 aromatic heterocycles. The van der Waals surface area contributed by atoms with Crippen molar-refractivity contribution < 1.29 is 9.53 Å². The molecule has 2 aromatic carbocycles. The third-order valence-electron chi connectivity index (χ3n) is 4.26. The van der Waals surface area contributed by atoms with Crippen LogP contribution in [0, 0.1) is 0 Å². The van der Waals surface area contributed by atoms with E-state index in [0.29, 0.717) is 36.1 Å². The van der Waals surface area contributed by atoms with Gasteiger partial charge in [0, 0.05) is 16.5 Å². The van der Waals surface area contributed by atoms with E-state index in [4.69, 9.17) is 4.74 Å². The van der Waals surface area contributed by atoms with Crippen molar-refractivity contribution in [3.8, 4) is 17.3 Å². The molecule has 0 aliphatic heterocycles. The number of nitrogens with one attached hydrogen (secondary N) is 1. The summed E-state index contributed by atoms with van der Waals surface area (Å²) in [4.78, 5) is 13.3. The number of amides is 1. The molecule has 29 heavy (non-hydrogen) atoms. The summed E-state index contributed by atoms with van der Waals surface area (Å²) in [6.45, 7) is 0.670. The Hall–Kier alpha value is -3.39. The Balaban J connectivity index is 1.39. The molecule has 0 fully saturated rings. The zero-order chi connectivity index (χ0) is 20.1. The molecule has 0 saturated carbocycles. The van der Waals surface area contributed by atoms with E-state index >= 15 is 0 Å². The number of hydrogen-bond donors (Lipinski definition) is 1. The van der Waals surface area contributed by atoms with Gasteiger partial charge in [-0.15, -0.1) is 27.1 Å². The van der Waals surface area contributed by atoms with Gasteiger partial charge in [0.25, 0.3) is 5.91 Å². The van der Waals surface area contributed by atoms with Crippen LogP contribution in [-0.2, 0) is 0 Å². The summed E-state index contributed by atoms with van der Waals surface area (Å²) in [5.41, 5.74) is 2.22. The number of thioether (sulfide) groups is 1. The van der Waals surface area contributed by atoms with E-state index in [-0.39, 0.29) is 5.91 Å². The molecule has 146 valence electrons. The normalized spacial score (nSPS) is 10.8. The number of ether oxygens (including phenoxy) is 1. The molecule has 0 saturated heterocycles. The maximum absolute atomic E-state index is 12.4. The van der Waals surface area contributed by atoms with E-state index in [2.05, 4.69) is 20.6 Å². The fourth-order valence-corrected chi connectivity index (χ4v) is 3.46. The first-order valence-corrected chi connectivity index (χ1v) is 10.3. The number of hydrogen-bond acceptors (Lipinski definition) is 6. The lowest BCUT2D eigenvalue weighted by atomic mass is 10.2. The second kappa shape index (κ2) is 8.74. The smallest absolute Gasteiger partial charge is 0.252 e. The molecule has 0 radical (unpaired) electrons. The third-order valence-corrected chi connectivity index (χ3v) is 5.06. The average molecular weight is 405 g/mol. The lowest BCUT2D eigenvalue weighted by molar-refractivity contribution is 0.0943. The first-order chi connectivity index (χ1) is 14.3. The van der Waals surface area contributed by atoms with E-state index in [9.17, 15) is 4.79 Å². The second-order valence-electron chi connectivity index (χ2n) is 6.14. The van der Waals surface area contributed by atoms with Gasteiger partial charge < -0.3 is 10.1 Å². The van der Waals surface area contributed by atoms with Crippen LogP contribution in [0.25, 0.3) is 17.0 Å². The summed E-state index contributed by atoms with van der Waals surface area (Å²) in [7, 11) is 0. The minimum atomic E-state index is -0.118. The standard InChI is InChI=1S/C21H19N5O2S/c1-29-17-10-6-5-9-16(17)21(27)22-13-14-28-19-12-11-18-23-24-20(26(18)25-19)15-7-3-2-4-8-15/h2-12H,13-14H2,1H3,(H,22,27). The maximum Gasteiger partial charge on any atom is 0.252 e. The first kappa shape index (κ1) is 18.9. The Morgan fingerprint density at radius 2 is 1.83 bits per heavy atom. The van der Waals surface area contributed by atoms with Crippen LogP contribution in [0.2, 0.25) is 0 Å². The highest BCUT2D eigenvalue weighted by Gasteiger charge is 2.11. The van der Waals surface area contributed by atoms with Gasteiger partial charge in [-0.25, -0.2) is 0 Å². The van der Waals surface area contributed by atoms with Gasteiger partial charge in [-0.1, -0.05) is 42.5 Å². The largest absolute Gasteiger partial charge is 0.475 e. The van der Waals surface area contributed by atoms with Crippen molar-refractivity contribution in [3.05, 3.63) is 72.3 Å². The van der Waals surface area contributed by atoms with Crippen molar-refractivity contribution in [1.82, 2.24) is 25.1 Å². The molecule has 0 unspecified atom stereocenters. The first-order valence-electron chi connectivity index (χ1n) is 9.08. The van der Waals surface area contributed by atoms with Crippen LogP contribution >= 0.6 is 11.8 Å². The van der Waals surface area contributed by atoms with Crippen LogP contribution in [0.5, 0.6) is 5.88 Å². The highest BCUT2D eigenvalue weighted by Crippen LogP contribution is 2.20. The Kier molecular flexibility index (Phi) is 5.71. The van der Waals surface area contributed by atoms with Crippen LogP contribution in [0.1, 0.15) is 10.4 Å². The number of carbonyl (C=O) groups is 1. The van der Waals surface area contributed by atoms with E-state index < -0.39 is 0 Å². The predicted molar refractivity (Wildman–Crippen MR) is 112 cm³/mol. The van der Waals surface area contributed by atoms with Gasteiger partial charge in [0.15, 0.2) is 11.5 Å². The molecule has 0 bridgehead atoms. The lowest BCUT2D eigenvalue weighted by Crippen LogP contribution is -2.28. The van der Waals surface area contributed by atoms with Crippen LogP contribution in [0.15, 0.2) is 71.6 Å². The number of fused-ring (bicyclic) bond motifs is 1. The van der Waals surface area contributed by atoms with Crippen LogP contribution in [0.3, 0.4) is 0 Å². The highest BCUT2D eigenvalue weighted by molar-refractivity contribution is 7.98. The highest BCUT2D eigenvalue weighted by atomic mass is 32.2. The number of rotatable bonds is 7. The van der Waals surface area contributed by atoms with Crippen molar-refractivity contribution in [2.75, 3.05) is 19.4 Å². The Morgan fingerprint density at radius 1 is 1.03 bits per heavy atom. The molecule has 7 nitrogen and oxygen atoms in total. The molecule has 1 amide bonds. The molecule has 2 heterocycles. The summed E-state index contributed by atoms with van der Waals surface area (Å²) < 4.78 is 7.36. The van der Waals surface area contributed by atoms with Crippen molar-refractivity contribution in [3.63, 3.8) is 0 Å². The minimum Gasteiger partial charge on any atom is -0.475 e. The molecular formula is C21H19N5O2S. The van der Waals surface area contributed by atoms with Crippen LogP contribution < -0.4 is 10.1 Å². The number of carbonyl (C=O) groups excluding carboxylic acids is 1. The molecule has 4 aromatic rings. The second-order valence-corrected chi connectivity index (χ2v) is 6.98. The minimum absolute atomic E-state index is 0.118. The Labute approximate surface area is 172 Å². The number of benzene rings is 2. The third kappa shape index (κ3) is 4.22. The molecule has 0 spiro atoms. The lowest BCUT2D eigenvalue weighted by Gasteiger charge is -2.09. The molecule has 0 atom stereocenters. The molecule has 4 rings (SSSR count). The quantitative estimate of drug-likeness (QED) is 0.375. The average Bonchev–Trinajstić information content (AvgIpc) is 3.20. The maximum atomic E-state index is 12.4. The summed E-state index contributed by atoms with van der Waals surface area (Å²) in [5.74, 6) is 0.966. The van der Waals surface area contributed by atoms with Gasteiger partial charge >= 0.3 is 0 Å². The summed E-state index contributed by atoms with van der Waals surface area (Å²) >= 11 is 1.54. The van der Waals surface area contributed by atoms with E-state index in [1.54, 1.807) is 28.4 Å². The number of aromatic nitrogens is 4. The SMILES string of the molecule is CSc1ccccc1C(=O)NCCOc1ccc2nnc(-c3ccccc3)n2n1. The summed E-state index contributed by atoms with van der Waals surface area (Å²) in [6, 6.07) is 20.8. The van der Waals surface area contributed by atoms with Gasteiger partial charge in [0.2, 0.25) is 5.88 Å². The molecule has 0 aliphatic rings. The van der Waals surface area contributed by atoms with Gasteiger partial charge in [0.05, 0.1) is 12.1 Å². The van der Waals surface area contributed by atoms with Crippen molar-refractivity contribution in [2.24, 2.45) is 0 Å². The van der Waals surface area contributed by atoms with E-state index in [0.717, 1.165) is 10.5 Å². The summed E-state index contributed by atoms with van der Waals surface area (Å²) in [6.07, 6.45) is 1.95. The van der Waals surface area contributed by atoms with Gasteiger partial charge in [0.1, 0.15) is 6.61 Å². The zero-order valence-corrected chi connectivity index (χ0v) is 16.6. The molecular weight excluding hydrogens is 386 g/mol. The van der Waals surface area contributed by atoms with E-state index in [1.165, 1.54) is 0 Å². The Morgan fingerprint density at radius 3 is 2.66 bits per heavy atom. The fourth-order valence-electron chi connectivity index (χ4n) is 2.86. The van der Waals surface area contributed by atoms with Crippen LogP contribution in [-0.4, -0.2) is 45.1 Å². The van der Waals surface area contributed by atoms with Crippen LogP contribution in [0.4, 0.5) is 0 Å². The molecule has 0 aliphatic carbocycles. The van der Waals surface area contributed by atoms with Crippen molar-refractivity contribution >= 4 is 23.3 Å². The molecule has 8 heteroatoms. The fraction of sp³-hybridized carbons (Fsp3) is 0.143. The van der Waals surface area contributed by atoms with Crippen molar-refractivity contribution in [2.45, 2.75) is 4.90 Å². The predicted octanol–water partition coefficient (Wildman–Crippen LogP) is 3.32. The van der Waals surface area contributed by atoms with Gasteiger partial charge in [-0.05, 0) is 24.5 Å². The number of nitrogens with zero attached hydrogens (tertiary/aromatic N) is 4. The monoisotopic (exact) mass is 405 g/mol. The molecule has 1 N–H and O–H groups in total. The van der Waals surface area contributed by atoms with E-state index in [1.807, 2.05) is 60.9 Å². The van der Waals surface area contributed by atoms with Gasteiger partial charge in [-0.3, -0.25) is 4.79 Å². The Bertz CT molecular complexity index is 1130.